The molecule has 2 rings (SSSR count). The average molecular weight is 279 g/mol. The monoisotopic (exact) mass is 279 g/mol. The maximum Gasteiger partial charge on any atom is 0.417 e. The van der Waals surface area contributed by atoms with Crippen molar-refractivity contribution < 1.29 is 17.6 Å². The standard InChI is InChI=1S/C15H9F4N/c16-13-7-3-4-10(8-9-20)14(13)11-5-1-2-6-12(11)15(17,18)19/h1-7H,8H2. The molecule has 2 aromatic carbocycles. The summed E-state index contributed by atoms with van der Waals surface area (Å²) >= 11 is 0. The number of benzene rings is 2. The Morgan fingerprint density at radius 2 is 1.70 bits per heavy atom. The first-order valence-corrected chi connectivity index (χ1v) is 5.76. The Balaban J connectivity index is 2.73. The molecule has 0 aliphatic rings. The van der Waals surface area contributed by atoms with Crippen LogP contribution in [0.15, 0.2) is 42.5 Å². The van der Waals surface area contributed by atoms with Crippen molar-refractivity contribution >= 4 is 0 Å². The molecule has 0 aliphatic carbocycles. The normalized spacial score (nSPS) is 11.2. The van der Waals surface area contributed by atoms with Crippen molar-refractivity contribution in [1.29, 1.82) is 5.26 Å². The molecule has 0 spiro atoms. The van der Waals surface area contributed by atoms with Crippen LogP contribution in [-0.4, -0.2) is 0 Å². The summed E-state index contributed by atoms with van der Waals surface area (Å²) in [6, 6.07) is 10.5. The van der Waals surface area contributed by atoms with Gasteiger partial charge in [-0.2, -0.15) is 18.4 Å². The largest absolute Gasteiger partial charge is 0.417 e. The van der Waals surface area contributed by atoms with Gasteiger partial charge in [0.25, 0.3) is 0 Å². The van der Waals surface area contributed by atoms with Gasteiger partial charge in [-0.05, 0) is 23.3 Å². The molecule has 0 fully saturated rings. The zero-order valence-electron chi connectivity index (χ0n) is 10.2. The maximum absolute atomic E-state index is 14.0. The zero-order chi connectivity index (χ0) is 14.8. The minimum atomic E-state index is -4.58. The van der Waals surface area contributed by atoms with Gasteiger partial charge in [0.2, 0.25) is 0 Å². The summed E-state index contributed by atoms with van der Waals surface area (Å²) < 4.78 is 52.9. The fourth-order valence-corrected chi connectivity index (χ4v) is 2.05. The minimum Gasteiger partial charge on any atom is -0.206 e. The van der Waals surface area contributed by atoms with Crippen LogP contribution >= 0.6 is 0 Å². The summed E-state index contributed by atoms with van der Waals surface area (Å²) in [6.45, 7) is 0. The van der Waals surface area contributed by atoms with Crippen LogP contribution in [0.25, 0.3) is 11.1 Å². The molecule has 0 N–H and O–H groups in total. The van der Waals surface area contributed by atoms with E-state index in [1.54, 1.807) is 0 Å². The van der Waals surface area contributed by atoms with E-state index >= 15 is 0 Å². The molecule has 0 saturated carbocycles. The first kappa shape index (κ1) is 14.1. The van der Waals surface area contributed by atoms with Gasteiger partial charge in [-0.1, -0.05) is 30.3 Å². The van der Waals surface area contributed by atoms with Crippen molar-refractivity contribution in [2.24, 2.45) is 0 Å². The molecule has 0 aromatic heterocycles. The average Bonchev–Trinajstić information content (AvgIpc) is 2.38. The fraction of sp³-hybridized carbons (Fsp3) is 0.133. The predicted octanol–water partition coefficient (Wildman–Crippen LogP) is 4.58. The third-order valence-corrected chi connectivity index (χ3v) is 2.87. The lowest BCUT2D eigenvalue weighted by Crippen LogP contribution is -2.08. The Hall–Kier alpha value is -2.35. The molecule has 2 aromatic rings. The molecule has 102 valence electrons. The molecule has 5 heteroatoms. The van der Waals surface area contributed by atoms with E-state index in [-0.39, 0.29) is 23.1 Å². The third-order valence-electron chi connectivity index (χ3n) is 2.87. The number of halogens is 4. The predicted molar refractivity (Wildman–Crippen MR) is 66.2 cm³/mol. The number of rotatable bonds is 2. The summed E-state index contributed by atoms with van der Waals surface area (Å²) in [5, 5.41) is 8.72. The number of hydrogen-bond acceptors (Lipinski definition) is 1. The summed E-state index contributed by atoms with van der Waals surface area (Å²) in [6.07, 6.45) is -4.73. The Labute approximate surface area is 113 Å². The lowest BCUT2D eigenvalue weighted by atomic mass is 9.93. The molecule has 0 saturated heterocycles. The zero-order valence-corrected chi connectivity index (χ0v) is 10.2. The van der Waals surface area contributed by atoms with Crippen molar-refractivity contribution in [2.45, 2.75) is 12.6 Å². The highest BCUT2D eigenvalue weighted by Crippen LogP contribution is 2.39. The van der Waals surface area contributed by atoms with Crippen molar-refractivity contribution in [3.05, 3.63) is 59.4 Å². The Kier molecular flexibility index (Phi) is 3.75. The fourth-order valence-electron chi connectivity index (χ4n) is 2.05. The van der Waals surface area contributed by atoms with E-state index in [1.165, 1.54) is 30.3 Å². The van der Waals surface area contributed by atoms with Gasteiger partial charge in [-0.3, -0.25) is 0 Å². The molecule has 0 unspecified atom stereocenters. The van der Waals surface area contributed by atoms with Crippen molar-refractivity contribution in [1.82, 2.24) is 0 Å². The smallest absolute Gasteiger partial charge is 0.206 e. The van der Waals surface area contributed by atoms with E-state index in [0.29, 0.717) is 0 Å². The third kappa shape index (κ3) is 2.64. The number of nitriles is 1. The van der Waals surface area contributed by atoms with Gasteiger partial charge in [0.1, 0.15) is 5.82 Å². The van der Waals surface area contributed by atoms with E-state index < -0.39 is 17.6 Å². The van der Waals surface area contributed by atoms with Crippen molar-refractivity contribution in [3.8, 4) is 17.2 Å². The van der Waals surface area contributed by atoms with E-state index in [0.717, 1.165) is 12.1 Å². The van der Waals surface area contributed by atoms with Crippen LogP contribution in [-0.2, 0) is 12.6 Å². The van der Waals surface area contributed by atoms with Gasteiger partial charge in [0, 0.05) is 5.56 Å². The lowest BCUT2D eigenvalue weighted by Gasteiger charge is -2.15. The second-order valence-corrected chi connectivity index (χ2v) is 4.15. The van der Waals surface area contributed by atoms with Gasteiger partial charge in [-0.25, -0.2) is 4.39 Å². The van der Waals surface area contributed by atoms with Gasteiger partial charge >= 0.3 is 6.18 Å². The van der Waals surface area contributed by atoms with Crippen LogP contribution in [0.4, 0.5) is 17.6 Å². The second kappa shape index (κ2) is 5.33. The van der Waals surface area contributed by atoms with Gasteiger partial charge in [0.05, 0.1) is 18.1 Å². The summed E-state index contributed by atoms with van der Waals surface area (Å²) in [7, 11) is 0. The highest BCUT2D eigenvalue weighted by atomic mass is 19.4. The lowest BCUT2D eigenvalue weighted by molar-refractivity contribution is -0.137. The highest BCUT2D eigenvalue weighted by molar-refractivity contribution is 5.72. The molecule has 0 amide bonds. The SMILES string of the molecule is N#CCc1cccc(F)c1-c1ccccc1C(F)(F)F. The minimum absolute atomic E-state index is 0.153. The second-order valence-electron chi connectivity index (χ2n) is 4.15. The van der Waals surface area contributed by atoms with E-state index in [9.17, 15) is 17.6 Å². The summed E-state index contributed by atoms with van der Waals surface area (Å²) in [5.41, 5.74) is -1.08. The van der Waals surface area contributed by atoms with Crippen LogP contribution in [0.5, 0.6) is 0 Å². The van der Waals surface area contributed by atoms with E-state index in [4.69, 9.17) is 5.26 Å². The van der Waals surface area contributed by atoms with Gasteiger partial charge in [0.15, 0.2) is 0 Å². The van der Waals surface area contributed by atoms with Crippen LogP contribution in [0, 0.1) is 17.1 Å². The molecule has 0 radical (unpaired) electrons. The molecular weight excluding hydrogens is 270 g/mol. The summed E-state index contributed by atoms with van der Waals surface area (Å²) in [4.78, 5) is 0. The number of alkyl halides is 3. The van der Waals surface area contributed by atoms with E-state index in [2.05, 4.69) is 0 Å². The first-order valence-electron chi connectivity index (χ1n) is 5.76. The van der Waals surface area contributed by atoms with Crippen molar-refractivity contribution in [2.75, 3.05) is 0 Å². The molecule has 0 atom stereocenters. The quantitative estimate of drug-likeness (QED) is 0.738. The van der Waals surface area contributed by atoms with Gasteiger partial charge in [-0.15, -0.1) is 0 Å². The Bertz CT molecular complexity index is 668. The molecule has 20 heavy (non-hydrogen) atoms. The molecule has 1 nitrogen and oxygen atoms in total. The topological polar surface area (TPSA) is 23.8 Å². The Morgan fingerprint density at radius 1 is 1.00 bits per heavy atom. The van der Waals surface area contributed by atoms with Crippen LogP contribution in [0.3, 0.4) is 0 Å². The van der Waals surface area contributed by atoms with E-state index in [1.807, 2.05) is 6.07 Å². The maximum atomic E-state index is 14.0. The van der Waals surface area contributed by atoms with Crippen LogP contribution < -0.4 is 0 Å². The molecular formula is C15H9F4N. The summed E-state index contributed by atoms with van der Waals surface area (Å²) in [5.74, 6) is -0.769. The molecule has 0 aliphatic heterocycles. The van der Waals surface area contributed by atoms with Gasteiger partial charge < -0.3 is 0 Å². The molecule has 0 bridgehead atoms. The van der Waals surface area contributed by atoms with Crippen LogP contribution in [0.1, 0.15) is 11.1 Å². The highest BCUT2D eigenvalue weighted by Gasteiger charge is 2.34. The Morgan fingerprint density at radius 3 is 2.35 bits per heavy atom. The van der Waals surface area contributed by atoms with Crippen molar-refractivity contribution in [3.63, 3.8) is 0 Å². The number of nitrogens with zero attached hydrogens (tertiary/aromatic N) is 1. The number of hydrogen-bond donors (Lipinski definition) is 0. The first-order chi connectivity index (χ1) is 9.45. The molecule has 0 heterocycles. The van der Waals surface area contributed by atoms with Crippen LogP contribution in [0.2, 0.25) is 0 Å².